The lowest BCUT2D eigenvalue weighted by atomic mass is 10.0. The summed E-state index contributed by atoms with van der Waals surface area (Å²) in [4.78, 5) is 14.8. The maximum atomic E-state index is 13.5. The molecule has 100 valence electrons. The number of nitrogens with two attached hydrogens (primary N) is 1. The Morgan fingerprint density at radius 3 is 2.72 bits per heavy atom. The van der Waals surface area contributed by atoms with Crippen LogP contribution in [-0.4, -0.2) is 17.6 Å². The highest BCUT2D eigenvalue weighted by atomic mass is 19.3. The van der Waals surface area contributed by atoms with Crippen LogP contribution in [0.15, 0.2) is 6.20 Å². The minimum absolute atomic E-state index is 0.0965. The largest absolute Gasteiger partial charge is 0.466 e. The molecule has 1 heterocycles. The van der Waals surface area contributed by atoms with Crippen molar-refractivity contribution >= 4 is 5.97 Å². The normalized spacial score (nSPS) is 10.8. The third-order valence-corrected chi connectivity index (χ3v) is 2.30. The third kappa shape index (κ3) is 3.19. The fraction of sp³-hybridized carbons (Fsp3) is 0.455. The molecular formula is C11H13F3N2O2. The third-order valence-electron chi connectivity index (χ3n) is 2.30. The van der Waals surface area contributed by atoms with Crippen LogP contribution in [0.3, 0.4) is 0 Å². The lowest BCUT2D eigenvalue weighted by Crippen LogP contribution is -2.15. The number of rotatable bonds is 5. The average Bonchev–Trinajstić information content (AvgIpc) is 2.31. The maximum absolute atomic E-state index is 13.5. The van der Waals surface area contributed by atoms with E-state index in [2.05, 4.69) is 9.72 Å². The molecular weight excluding hydrogens is 249 g/mol. The van der Waals surface area contributed by atoms with Crippen LogP contribution < -0.4 is 5.73 Å². The number of nitrogens with zero attached hydrogens (tertiary/aromatic N) is 1. The molecule has 0 aliphatic carbocycles. The first-order chi connectivity index (χ1) is 8.51. The van der Waals surface area contributed by atoms with Gasteiger partial charge in [-0.3, -0.25) is 9.78 Å². The molecule has 7 heteroatoms. The van der Waals surface area contributed by atoms with E-state index in [0.717, 1.165) is 6.20 Å². The van der Waals surface area contributed by atoms with Crippen molar-refractivity contribution in [2.24, 2.45) is 5.73 Å². The first kappa shape index (κ1) is 14.4. The zero-order valence-corrected chi connectivity index (χ0v) is 9.75. The van der Waals surface area contributed by atoms with Gasteiger partial charge >= 0.3 is 5.97 Å². The van der Waals surface area contributed by atoms with Gasteiger partial charge < -0.3 is 10.5 Å². The number of carbonyl (C=O) groups is 1. The Morgan fingerprint density at radius 1 is 1.56 bits per heavy atom. The minimum atomic E-state index is -2.95. The fourth-order valence-electron chi connectivity index (χ4n) is 1.54. The SMILES string of the molecule is CCOC(=O)Cc1c(F)cnc(CN)c1C(F)F. The van der Waals surface area contributed by atoms with E-state index in [4.69, 9.17) is 5.73 Å². The van der Waals surface area contributed by atoms with E-state index in [1.807, 2.05) is 0 Å². The van der Waals surface area contributed by atoms with E-state index in [9.17, 15) is 18.0 Å². The molecule has 0 bridgehead atoms. The molecule has 0 saturated heterocycles. The molecule has 0 saturated carbocycles. The van der Waals surface area contributed by atoms with Gasteiger partial charge in [-0.25, -0.2) is 13.2 Å². The van der Waals surface area contributed by atoms with Crippen LogP contribution in [0.2, 0.25) is 0 Å². The topological polar surface area (TPSA) is 65.2 Å². The Hall–Kier alpha value is -1.63. The summed E-state index contributed by atoms with van der Waals surface area (Å²) in [6.45, 7) is 1.41. The summed E-state index contributed by atoms with van der Waals surface area (Å²) in [7, 11) is 0. The van der Waals surface area contributed by atoms with Crippen molar-refractivity contribution in [3.8, 4) is 0 Å². The first-order valence-electron chi connectivity index (χ1n) is 5.31. The van der Waals surface area contributed by atoms with E-state index in [1.54, 1.807) is 6.92 Å². The lowest BCUT2D eigenvalue weighted by Gasteiger charge is -2.12. The Balaban J connectivity index is 3.18. The molecule has 0 atom stereocenters. The van der Waals surface area contributed by atoms with Gasteiger partial charge in [-0.15, -0.1) is 0 Å². The fourth-order valence-corrected chi connectivity index (χ4v) is 1.54. The number of ether oxygens (including phenoxy) is 1. The summed E-state index contributed by atoms with van der Waals surface area (Å²) in [6.07, 6.45) is -2.73. The second kappa shape index (κ2) is 6.34. The molecule has 0 aliphatic rings. The van der Waals surface area contributed by atoms with Gasteiger partial charge in [-0.1, -0.05) is 0 Å². The summed E-state index contributed by atoms with van der Waals surface area (Å²) in [5, 5.41) is 0. The predicted molar refractivity (Wildman–Crippen MR) is 57.4 cm³/mol. The summed E-state index contributed by atoms with van der Waals surface area (Å²) >= 11 is 0. The number of esters is 1. The molecule has 0 fully saturated rings. The highest BCUT2D eigenvalue weighted by Gasteiger charge is 2.23. The average molecular weight is 262 g/mol. The van der Waals surface area contributed by atoms with Crippen molar-refractivity contribution in [2.75, 3.05) is 6.61 Å². The van der Waals surface area contributed by atoms with Crippen molar-refractivity contribution in [3.05, 3.63) is 28.8 Å². The van der Waals surface area contributed by atoms with Crippen LogP contribution in [0, 0.1) is 5.82 Å². The predicted octanol–water partition coefficient (Wildman–Crippen LogP) is 1.72. The van der Waals surface area contributed by atoms with E-state index >= 15 is 0 Å². The molecule has 1 rings (SSSR count). The zero-order chi connectivity index (χ0) is 13.7. The van der Waals surface area contributed by atoms with Crippen molar-refractivity contribution in [2.45, 2.75) is 26.3 Å². The van der Waals surface area contributed by atoms with Gasteiger partial charge in [0.05, 0.1) is 24.9 Å². The number of pyridine rings is 1. The second-order valence-corrected chi connectivity index (χ2v) is 3.43. The second-order valence-electron chi connectivity index (χ2n) is 3.43. The van der Waals surface area contributed by atoms with Crippen molar-refractivity contribution in [1.82, 2.24) is 4.98 Å². The molecule has 2 N–H and O–H groups in total. The molecule has 4 nitrogen and oxygen atoms in total. The van der Waals surface area contributed by atoms with Crippen LogP contribution >= 0.6 is 0 Å². The Kier molecular flexibility index (Phi) is 5.08. The Bertz CT molecular complexity index is 439. The van der Waals surface area contributed by atoms with Gasteiger partial charge in [0.15, 0.2) is 0 Å². The van der Waals surface area contributed by atoms with E-state index in [1.165, 1.54) is 0 Å². The molecule has 0 spiro atoms. The molecule has 0 aromatic carbocycles. The van der Waals surface area contributed by atoms with Gasteiger partial charge in [0.1, 0.15) is 5.82 Å². The quantitative estimate of drug-likeness (QED) is 0.820. The zero-order valence-electron chi connectivity index (χ0n) is 9.75. The summed E-state index contributed by atoms with van der Waals surface area (Å²) in [5.74, 6) is -1.73. The Morgan fingerprint density at radius 2 is 2.22 bits per heavy atom. The van der Waals surface area contributed by atoms with Gasteiger partial charge in [0.2, 0.25) is 0 Å². The van der Waals surface area contributed by atoms with Crippen molar-refractivity contribution < 1.29 is 22.7 Å². The Labute approximate surface area is 102 Å². The highest BCUT2D eigenvalue weighted by Crippen LogP contribution is 2.27. The van der Waals surface area contributed by atoms with Crippen LogP contribution in [-0.2, 0) is 22.5 Å². The number of hydrogen-bond acceptors (Lipinski definition) is 4. The molecule has 1 aromatic rings. The van der Waals surface area contributed by atoms with Crippen LogP contribution in [0.1, 0.15) is 30.2 Å². The first-order valence-corrected chi connectivity index (χ1v) is 5.31. The van der Waals surface area contributed by atoms with Crippen molar-refractivity contribution in [1.29, 1.82) is 0 Å². The van der Waals surface area contributed by atoms with Crippen LogP contribution in [0.25, 0.3) is 0 Å². The standard InChI is InChI=1S/C11H13F3N2O2/c1-2-18-9(17)3-6-7(12)5-16-8(4-15)10(6)11(13)14/h5,11H,2-4,15H2,1H3. The van der Waals surface area contributed by atoms with Gasteiger partial charge in [0, 0.05) is 17.7 Å². The van der Waals surface area contributed by atoms with Gasteiger partial charge in [0.25, 0.3) is 6.43 Å². The van der Waals surface area contributed by atoms with Crippen molar-refractivity contribution in [3.63, 3.8) is 0 Å². The smallest absolute Gasteiger partial charge is 0.310 e. The molecule has 0 aliphatic heterocycles. The monoisotopic (exact) mass is 262 g/mol. The number of aromatic nitrogens is 1. The number of alkyl halides is 2. The number of carbonyl (C=O) groups excluding carboxylic acids is 1. The number of halogens is 3. The molecule has 0 unspecified atom stereocenters. The molecule has 0 amide bonds. The summed E-state index contributed by atoms with van der Waals surface area (Å²) in [5.41, 5.74) is 4.12. The molecule has 0 radical (unpaired) electrons. The van der Waals surface area contributed by atoms with Crippen LogP contribution in [0.5, 0.6) is 0 Å². The molecule has 18 heavy (non-hydrogen) atoms. The lowest BCUT2D eigenvalue weighted by molar-refractivity contribution is -0.142. The van der Waals surface area contributed by atoms with Gasteiger partial charge in [-0.2, -0.15) is 0 Å². The van der Waals surface area contributed by atoms with Gasteiger partial charge in [-0.05, 0) is 6.92 Å². The number of hydrogen-bond donors (Lipinski definition) is 1. The summed E-state index contributed by atoms with van der Waals surface area (Å²) < 4.78 is 43.8. The van der Waals surface area contributed by atoms with Crippen LogP contribution in [0.4, 0.5) is 13.2 Å². The van der Waals surface area contributed by atoms with E-state index in [0.29, 0.717) is 0 Å². The van der Waals surface area contributed by atoms with E-state index in [-0.39, 0.29) is 18.8 Å². The van der Waals surface area contributed by atoms with E-state index < -0.39 is 35.8 Å². The molecule has 1 aromatic heterocycles. The highest BCUT2D eigenvalue weighted by molar-refractivity contribution is 5.73. The summed E-state index contributed by atoms with van der Waals surface area (Å²) in [6, 6.07) is 0. The minimum Gasteiger partial charge on any atom is -0.466 e. The maximum Gasteiger partial charge on any atom is 0.310 e.